The summed E-state index contributed by atoms with van der Waals surface area (Å²) in [6.45, 7) is 45.6. The zero-order valence-corrected chi connectivity index (χ0v) is 99.4. The summed E-state index contributed by atoms with van der Waals surface area (Å²) in [5.74, 6) is 17.8. The Morgan fingerprint density at radius 1 is 0.269 bits per heavy atom. The number of halogens is 8. The first-order valence-electron chi connectivity index (χ1n) is 46.9. The normalized spacial score (nSPS) is 31.3. The first-order valence-corrected chi connectivity index (χ1v) is 72.2. The Balaban J connectivity index is 0. The van der Waals surface area contributed by atoms with Crippen molar-refractivity contribution in [2.45, 2.75) is 265 Å². The van der Waals surface area contributed by atoms with Crippen LogP contribution in [0.5, 0.6) is 0 Å². The first-order chi connectivity index (χ1) is 57.7. The molecule has 16 rings (SSSR count). The second-order valence-electron chi connectivity index (χ2n) is 41.7. The quantitative estimate of drug-likeness (QED) is 0.0576. The molecule has 0 heterocycles. The Kier molecular flexibility index (Phi) is 65.7. The number of allylic oxidation sites excluding steroid dienone is 36. The summed E-state index contributed by atoms with van der Waals surface area (Å²) in [5, 5.41) is 0. The number of rotatable bonds is 22. The molecule has 0 bridgehead atoms. The van der Waals surface area contributed by atoms with Gasteiger partial charge in [-0.15, -0.1) is 26.3 Å². The van der Waals surface area contributed by atoms with Crippen LogP contribution in [0.2, 0.25) is 0 Å². The third-order valence-electron chi connectivity index (χ3n) is 33.5. The van der Waals surface area contributed by atoms with Gasteiger partial charge in [0, 0.05) is 0 Å². The monoisotopic (exact) mass is 2240 g/mol. The zero-order chi connectivity index (χ0) is 87.0. The molecular formula is C118H184Cl8Zr4. The van der Waals surface area contributed by atoms with E-state index in [4.69, 9.17) is 68.1 Å². The average Bonchev–Trinajstić information content (AvgIpc) is 1.58. The van der Waals surface area contributed by atoms with Crippen molar-refractivity contribution in [1.82, 2.24) is 0 Å². The third-order valence-corrected chi connectivity index (χ3v) is 33.5. The van der Waals surface area contributed by atoms with Crippen LogP contribution in [-0.2, 0) is 83.4 Å². The summed E-state index contributed by atoms with van der Waals surface area (Å²) >= 11 is -3.30. The summed E-state index contributed by atoms with van der Waals surface area (Å²) in [4.78, 5) is 0. The first kappa shape index (κ1) is 133. The molecule has 0 aromatic rings. The van der Waals surface area contributed by atoms with Crippen LogP contribution < -0.4 is 0 Å². The molecule has 0 N–H and O–H groups in total. The molecule has 22 atom stereocenters. The summed E-state index contributed by atoms with van der Waals surface area (Å²) in [7, 11) is 39.5. The van der Waals surface area contributed by atoms with E-state index in [0.717, 1.165) is 78.4 Å². The Labute approximate surface area is 882 Å². The van der Waals surface area contributed by atoms with Crippen LogP contribution >= 0.6 is 68.1 Å². The molecule has 22 unspecified atom stereocenters. The van der Waals surface area contributed by atoms with Gasteiger partial charge >= 0.3 is 151 Å². The van der Waals surface area contributed by atoms with Gasteiger partial charge in [0.2, 0.25) is 0 Å². The summed E-state index contributed by atoms with van der Waals surface area (Å²) in [6, 6.07) is 0. The van der Waals surface area contributed by atoms with Crippen LogP contribution in [0.3, 0.4) is 0 Å². The Morgan fingerprint density at radius 2 is 0.454 bits per heavy atom. The number of hydrogen-bond donors (Lipinski definition) is 0. The molecule has 8 saturated carbocycles. The van der Waals surface area contributed by atoms with Crippen LogP contribution in [0.15, 0.2) is 243 Å². The molecule has 16 aliphatic rings. The predicted molar refractivity (Wildman–Crippen MR) is 581 cm³/mol. The second kappa shape index (κ2) is 64.3. The molecule has 728 valence electrons. The van der Waals surface area contributed by atoms with Crippen LogP contribution in [0.4, 0.5) is 0 Å². The van der Waals surface area contributed by atoms with E-state index in [2.05, 4.69) is 304 Å². The molecule has 0 spiro atoms. The molecule has 0 aromatic carbocycles. The van der Waals surface area contributed by atoms with Gasteiger partial charge in [0.05, 0.1) is 0 Å². The summed E-state index contributed by atoms with van der Waals surface area (Å²) in [5.41, 5.74) is 8.24. The van der Waals surface area contributed by atoms with Gasteiger partial charge < -0.3 is 59.4 Å². The standard InChI is InChI=1S/C30H44.C29H42.C25H34.C24H32.2CH4.8CH3.8ClH.4Zr/c1-7-8-11-18-30(6,22-12-9-10-13-22)28-26-19-21(2)14-16-24(26)25-17-15-23(20-27(25)28)29(3,4)5;1-7-8-17-29(6,21-11-9-10-12-21)27-25-18-20(2)13-15-23(25)24-16-14-22(19-26(24)27)28(3,4)5;1-3-4-11-18-25(2,19-12-5-6-13-19)24-22-16-9-7-14-20(22)21-15-8-10-17-23(21)24;1-3-4-17-24(2,18-11-5-6-12-18)23-21-15-9-7-13-19(21)20-14-8-10-16-22(20)23;;;;;;;;;;;;;;;;;;;;;;/h7,14-17,19-20,22,24-28H,1,8-13,18H2,2-6H3;7,13-16,18-19,21,23-27H,1,8-12,17H2,2-6H3;3,7-10,14-17,19-24H,1,4-6,11-13,18H2,2H3;3,7-10,13-16,18-23H,1,4-6,11-12,17H2,2H3;2*1H4;8*1H3;8*1H;;;;/q;;;;;;8*-1;;;;;;;;;4*+4/p-8. The van der Waals surface area contributed by atoms with Gasteiger partial charge in [-0.2, -0.15) is 0 Å². The molecule has 130 heavy (non-hydrogen) atoms. The van der Waals surface area contributed by atoms with Gasteiger partial charge in [-0.1, -0.05) is 341 Å². The maximum atomic E-state index is 4.93. The minimum absolute atomic E-state index is 0. The fourth-order valence-electron chi connectivity index (χ4n) is 28.1. The van der Waals surface area contributed by atoms with Gasteiger partial charge in [-0.05, 0) is 315 Å². The molecule has 8 fully saturated rings. The fourth-order valence-corrected chi connectivity index (χ4v) is 28.1. The average molecular weight is 2250 g/mol. The van der Waals surface area contributed by atoms with Gasteiger partial charge in [0.15, 0.2) is 0 Å². The van der Waals surface area contributed by atoms with Crippen molar-refractivity contribution >= 4 is 68.1 Å². The van der Waals surface area contributed by atoms with Crippen molar-refractivity contribution in [2.24, 2.45) is 175 Å². The fraction of sp³-hybridized carbons (Fsp3) is 0.593. The maximum absolute atomic E-state index is 4.93. The number of unbranched alkanes of at least 4 members (excludes halogenated alkanes) is 2. The van der Waals surface area contributed by atoms with Crippen LogP contribution in [0, 0.1) is 234 Å². The SMILES string of the molecule is C.C.C=CCCC(C)(C1CCCC1)C1C2C=C(C)C=CC2C2C=CC(C(C)(C)C)=CC21.C=CCCC(C)(C1CCCC1)C1C2C=CC=CC2C2C=CC=CC21.C=CCCCC(C)(C1CCCC1)C1C2C=C(C)C=CC2C2C=CC(C(C)(C)C)=CC21.C=CCCCC(C)(C1CCCC1)C1C2C=CC=CC2C2C=CC=CC21.[CH3-].[CH3-].[CH3-].[CH3-].[CH3-].[CH3-].[CH3-].[CH3-].[Cl][Zr+2][Cl].[Cl][Zr+2][Cl].[Cl][Zr+2][Cl].[Cl][Zr+2][Cl]. The third kappa shape index (κ3) is 32.3. The van der Waals surface area contributed by atoms with E-state index in [1.165, 1.54) is 159 Å². The summed E-state index contributed by atoms with van der Waals surface area (Å²) in [6.07, 6.45) is 114. The van der Waals surface area contributed by atoms with Crippen LogP contribution in [-0.4, -0.2) is 0 Å². The molecule has 0 aliphatic heterocycles. The van der Waals surface area contributed by atoms with Gasteiger partial charge in [0.25, 0.3) is 0 Å². The molecule has 0 radical (unpaired) electrons. The topological polar surface area (TPSA) is 0 Å². The number of fused-ring (bicyclic) bond motifs is 12. The molecular weight excluding hydrogens is 2070 g/mol. The van der Waals surface area contributed by atoms with E-state index in [-0.39, 0.29) is 85.1 Å². The molecule has 0 amide bonds. The molecule has 0 nitrogen and oxygen atoms in total. The summed E-state index contributed by atoms with van der Waals surface area (Å²) < 4.78 is 0. The second-order valence-corrected chi connectivity index (χ2v) is 56.6. The van der Waals surface area contributed by atoms with Crippen molar-refractivity contribution in [3.05, 3.63) is 302 Å². The van der Waals surface area contributed by atoms with E-state index in [1.807, 2.05) is 0 Å². The predicted octanol–water partition coefficient (Wildman–Crippen LogP) is 40.8. The zero-order valence-electron chi connectivity index (χ0n) is 83.6. The van der Waals surface area contributed by atoms with E-state index in [1.54, 1.807) is 11.1 Å². The van der Waals surface area contributed by atoms with Crippen molar-refractivity contribution in [2.75, 3.05) is 0 Å². The van der Waals surface area contributed by atoms with E-state index in [0.29, 0.717) is 105 Å². The molecule has 0 aromatic heterocycles. The van der Waals surface area contributed by atoms with E-state index in [9.17, 15) is 0 Å². The van der Waals surface area contributed by atoms with Crippen molar-refractivity contribution < 1.29 is 83.4 Å². The minimum atomic E-state index is -0.826. The Hall–Kier alpha value is 0.652. The van der Waals surface area contributed by atoms with Crippen LogP contribution in [0.1, 0.15) is 265 Å². The number of hydrogen-bond acceptors (Lipinski definition) is 0. The Morgan fingerprint density at radius 3 is 0.669 bits per heavy atom. The molecule has 16 aliphatic carbocycles. The van der Waals surface area contributed by atoms with Crippen molar-refractivity contribution in [3.8, 4) is 0 Å². The van der Waals surface area contributed by atoms with E-state index < -0.39 is 83.4 Å². The molecule has 12 heteroatoms. The van der Waals surface area contributed by atoms with Crippen molar-refractivity contribution in [3.63, 3.8) is 0 Å². The van der Waals surface area contributed by atoms with Crippen molar-refractivity contribution in [1.29, 1.82) is 0 Å². The Bertz CT molecular complexity index is 3700. The van der Waals surface area contributed by atoms with Gasteiger partial charge in [-0.25, -0.2) is 0 Å². The van der Waals surface area contributed by atoms with Crippen LogP contribution in [0.25, 0.3) is 0 Å². The van der Waals surface area contributed by atoms with Gasteiger partial charge in [-0.3, -0.25) is 0 Å². The van der Waals surface area contributed by atoms with E-state index >= 15 is 0 Å². The molecule has 0 saturated heterocycles. The van der Waals surface area contributed by atoms with Gasteiger partial charge in [0.1, 0.15) is 0 Å².